The Labute approximate surface area is 437 Å². The second-order valence-corrected chi connectivity index (χ2v) is 21.8. The van der Waals surface area contributed by atoms with Gasteiger partial charge >= 0.3 is 5.69 Å². The maximum atomic E-state index is 15.4. The number of aliphatic hydroxyl groups is 1. The number of aromatic nitrogens is 1. The Morgan fingerprint density at radius 1 is 0.800 bits per heavy atom. The van der Waals surface area contributed by atoms with Crippen molar-refractivity contribution in [2.24, 2.45) is 17.8 Å². The monoisotopic (exact) mass is 1040 g/mol. The number of aliphatic hydroxyl groups excluding tert-OH is 1. The van der Waals surface area contributed by atoms with Crippen molar-refractivity contribution in [3.63, 3.8) is 0 Å². The number of phenolic OH excluding ortho intramolecular Hbond substituents is 1. The van der Waals surface area contributed by atoms with E-state index < -0.39 is 118 Å². The van der Waals surface area contributed by atoms with Gasteiger partial charge in [-0.2, -0.15) is 0 Å². The summed E-state index contributed by atoms with van der Waals surface area (Å²) in [7, 11) is 2.79. The fraction of sp³-hybridized carbons (Fsp3) is 0.574. The lowest BCUT2D eigenvalue weighted by Crippen LogP contribution is -2.66. The van der Waals surface area contributed by atoms with Crippen LogP contribution in [-0.4, -0.2) is 151 Å². The van der Waals surface area contributed by atoms with E-state index in [0.29, 0.717) is 12.2 Å². The number of nitrogens with zero attached hydrogens (tertiary/aromatic N) is 5. The predicted octanol–water partition coefficient (Wildman–Crippen LogP) is 3.41. The molecule has 3 aliphatic heterocycles. The maximum absolute atomic E-state index is 15.4. The molecule has 10 atom stereocenters. The number of nitrogens with one attached hydrogen (secondary N) is 4. The highest BCUT2D eigenvalue weighted by Crippen LogP contribution is 2.37. The predicted molar refractivity (Wildman–Crippen MR) is 278 cm³/mol. The molecule has 0 saturated carbocycles. The number of carbonyl (C=O) groups excluding carboxylic acids is 7. The summed E-state index contributed by atoms with van der Waals surface area (Å²) in [5.41, 5.74) is 0.535. The smallest absolute Gasteiger partial charge is 0.310 e. The van der Waals surface area contributed by atoms with Crippen molar-refractivity contribution >= 4 is 57.9 Å². The SMILES string of the molecule is CC=CCC1NC(=O)C(CC(C)C)N2C(=O)C(CC(C)C2O)N(C)C(=O)C(C)NC(=O)C(Cc2ccc(O)c([N+](=O)[O-])c2)NC(=O)C(CC(C)C)N(C)C(=O)C(Cc2cn(C(C)(C)C3CO3)c3ccccc23)NC1=O. The molecule has 3 fully saturated rings. The summed E-state index contributed by atoms with van der Waals surface area (Å²) >= 11 is 0. The number of carbonyl (C=O) groups is 7. The van der Waals surface area contributed by atoms with Crippen LogP contribution in [0.1, 0.15) is 99.1 Å². The lowest BCUT2D eigenvalue weighted by Gasteiger charge is -2.46. The number of nitro benzene ring substituents is 1. The standard InChI is InChI=1S/C54H75N9O12/c1-12-13-17-36-46(65)58-38(26-34-27-61(54(8,9)45-28-75-45)39-18-15-14-16-35(34)39)52(71)59(10)41(21-29(2)3)48(67)57-37(24-33-19-20-44(64)40(25-33)63(73)74)47(66)55-32(7)51(70)60(11)43-23-31(6)50(69)62(53(43)72)42(22-30(4)5)49(68)56-36/h12-16,18-20,25,27,29-32,36-38,41-43,45,50,64,69H,17,21-24,26,28H2,1-11H3,(H,55,66)(H,56,68)(H,57,67)(H,58,65). The van der Waals surface area contributed by atoms with Crippen LogP contribution in [0.3, 0.4) is 0 Å². The molecule has 0 aliphatic carbocycles. The van der Waals surface area contributed by atoms with Gasteiger partial charge in [-0.3, -0.25) is 43.7 Å². The zero-order chi connectivity index (χ0) is 55.4. The van der Waals surface area contributed by atoms with Gasteiger partial charge in [0.15, 0.2) is 5.75 Å². The number of likely N-dealkylation sites (N-methyl/N-ethyl adjacent to an activating group) is 2. The third kappa shape index (κ3) is 13.0. The Kier molecular flexibility index (Phi) is 18.2. The van der Waals surface area contributed by atoms with Crippen molar-refractivity contribution in [2.75, 3.05) is 20.7 Å². The molecule has 3 saturated heterocycles. The largest absolute Gasteiger partial charge is 0.502 e. The number of piperidine rings is 1. The van der Waals surface area contributed by atoms with Crippen LogP contribution in [0.2, 0.25) is 0 Å². The second-order valence-electron chi connectivity index (χ2n) is 21.8. The molecule has 4 heterocycles. The van der Waals surface area contributed by atoms with E-state index in [9.17, 15) is 49.1 Å². The molecule has 75 heavy (non-hydrogen) atoms. The van der Waals surface area contributed by atoms with Gasteiger partial charge in [-0.15, -0.1) is 0 Å². The number of rotatable bonds is 13. The van der Waals surface area contributed by atoms with E-state index in [-0.39, 0.29) is 62.0 Å². The molecule has 6 N–H and O–H groups in total. The fourth-order valence-electron chi connectivity index (χ4n) is 10.2. The van der Waals surface area contributed by atoms with Gasteiger partial charge in [0.2, 0.25) is 41.4 Å². The Morgan fingerprint density at radius 2 is 1.40 bits per heavy atom. The van der Waals surface area contributed by atoms with Gasteiger partial charge in [0.25, 0.3) is 0 Å². The molecule has 0 spiro atoms. The summed E-state index contributed by atoms with van der Waals surface area (Å²) < 4.78 is 7.84. The van der Waals surface area contributed by atoms with E-state index in [1.54, 1.807) is 26.0 Å². The highest BCUT2D eigenvalue weighted by Gasteiger charge is 2.48. The molecular formula is C54H75N9O12. The molecule has 3 aliphatic rings. The second kappa shape index (κ2) is 23.8. The van der Waals surface area contributed by atoms with E-state index in [4.69, 9.17) is 4.74 Å². The third-order valence-corrected chi connectivity index (χ3v) is 14.7. The average molecular weight is 1040 g/mol. The quantitative estimate of drug-likeness (QED) is 0.0622. The first-order chi connectivity index (χ1) is 35.3. The number of allylic oxidation sites excluding steroid dienone is 1. The number of aromatic hydroxyl groups is 1. The summed E-state index contributed by atoms with van der Waals surface area (Å²) in [6.45, 7) is 16.8. The first kappa shape index (κ1) is 57.4. The summed E-state index contributed by atoms with van der Waals surface area (Å²) in [4.78, 5) is 118. The van der Waals surface area contributed by atoms with E-state index in [1.807, 2.05) is 72.0 Å². The molecule has 10 unspecified atom stereocenters. The van der Waals surface area contributed by atoms with Crippen molar-refractivity contribution in [1.82, 2.24) is 40.5 Å². The normalized spacial score (nSPS) is 27.1. The van der Waals surface area contributed by atoms with Crippen LogP contribution in [0.5, 0.6) is 5.75 Å². The van der Waals surface area contributed by atoms with Crippen molar-refractivity contribution in [3.05, 3.63) is 82.1 Å². The molecule has 0 radical (unpaired) electrons. The Balaban J connectivity index is 1.51. The number of benzene rings is 2. The number of para-hydroxylation sites is 1. The van der Waals surface area contributed by atoms with Gasteiger partial charge in [0.1, 0.15) is 54.6 Å². The van der Waals surface area contributed by atoms with E-state index in [1.165, 1.54) is 32.0 Å². The summed E-state index contributed by atoms with van der Waals surface area (Å²) in [5, 5.41) is 45.9. The summed E-state index contributed by atoms with van der Waals surface area (Å²) in [6.07, 6.45) is 3.36. The van der Waals surface area contributed by atoms with Gasteiger partial charge in [-0.1, -0.05) is 71.0 Å². The van der Waals surface area contributed by atoms with E-state index in [0.717, 1.165) is 32.8 Å². The van der Waals surface area contributed by atoms with Crippen LogP contribution < -0.4 is 21.3 Å². The topological polar surface area (TPSA) is 278 Å². The molecule has 7 amide bonds. The minimum atomic E-state index is -1.53. The van der Waals surface area contributed by atoms with Crippen molar-refractivity contribution in [3.8, 4) is 5.75 Å². The van der Waals surface area contributed by atoms with E-state index in [2.05, 4.69) is 25.8 Å². The van der Waals surface area contributed by atoms with Crippen molar-refractivity contribution < 1.29 is 53.4 Å². The van der Waals surface area contributed by atoms with E-state index >= 15 is 4.79 Å². The molecule has 2 bridgehead atoms. The molecule has 6 rings (SSSR count). The number of phenols is 1. The average Bonchev–Trinajstić information content (AvgIpc) is 4.16. The number of amides is 7. The van der Waals surface area contributed by atoms with Gasteiger partial charge < -0.3 is 55.5 Å². The maximum Gasteiger partial charge on any atom is 0.310 e. The van der Waals surface area contributed by atoms with Crippen molar-refractivity contribution in [1.29, 1.82) is 0 Å². The van der Waals surface area contributed by atoms with Gasteiger partial charge in [0, 0.05) is 56.0 Å². The van der Waals surface area contributed by atoms with Crippen LogP contribution in [0.25, 0.3) is 10.9 Å². The number of ether oxygens (including phenoxy) is 1. The fourth-order valence-corrected chi connectivity index (χ4v) is 10.2. The lowest BCUT2D eigenvalue weighted by atomic mass is 9.89. The van der Waals surface area contributed by atoms with Gasteiger partial charge in [0.05, 0.1) is 17.1 Å². The highest BCUT2D eigenvalue weighted by molar-refractivity contribution is 5.99. The molecule has 2 aromatic carbocycles. The van der Waals surface area contributed by atoms with Crippen molar-refractivity contribution in [2.45, 2.75) is 161 Å². The molecule has 21 nitrogen and oxygen atoms in total. The summed E-state index contributed by atoms with van der Waals surface area (Å²) in [6, 6.07) is 1.75. The van der Waals surface area contributed by atoms with Gasteiger partial charge in [-0.05, 0) is 88.5 Å². The lowest BCUT2D eigenvalue weighted by molar-refractivity contribution is -0.385. The van der Waals surface area contributed by atoms with Crippen LogP contribution in [0, 0.1) is 27.9 Å². The molecule has 21 heteroatoms. The van der Waals surface area contributed by atoms with Crippen LogP contribution in [0.15, 0.2) is 60.8 Å². The first-order valence-electron chi connectivity index (χ1n) is 25.8. The molecule has 1 aromatic heterocycles. The Morgan fingerprint density at radius 3 is 2.03 bits per heavy atom. The third-order valence-electron chi connectivity index (χ3n) is 14.7. The molecular weight excluding hydrogens is 967 g/mol. The number of hydrogen-bond donors (Lipinski definition) is 6. The first-order valence-corrected chi connectivity index (χ1v) is 25.8. The number of fused-ring (bicyclic) bond motifs is 3. The molecule has 3 aromatic rings. The van der Waals surface area contributed by atoms with Gasteiger partial charge in [-0.25, -0.2) is 0 Å². The number of nitro groups is 1. The summed E-state index contributed by atoms with van der Waals surface area (Å²) in [5.74, 6) is -7.06. The molecule has 408 valence electrons. The minimum absolute atomic E-state index is 0.00916. The zero-order valence-electron chi connectivity index (χ0n) is 44.9. The highest BCUT2D eigenvalue weighted by atomic mass is 16.6. The number of hydrogen-bond acceptors (Lipinski definition) is 12. The van der Waals surface area contributed by atoms with Crippen LogP contribution in [-0.2, 0) is 56.7 Å². The minimum Gasteiger partial charge on any atom is -0.502 e. The Bertz CT molecular complexity index is 2680. The zero-order valence-corrected chi connectivity index (χ0v) is 44.9. The van der Waals surface area contributed by atoms with Crippen LogP contribution >= 0.6 is 0 Å². The Hall–Kier alpha value is -6.87. The number of epoxide rings is 1. The van der Waals surface area contributed by atoms with Crippen LogP contribution in [0.4, 0.5) is 5.69 Å².